The predicted octanol–water partition coefficient (Wildman–Crippen LogP) is 0.936. The zero-order valence-electron chi connectivity index (χ0n) is 7.10. The van der Waals surface area contributed by atoms with Gasteiger partial charge in [0.15, 0.2) is 0 Å². The van der Waals surface area contributed by atoms with Crippen LogP contribution in [-0.4, -0.2) is 23.5 Å². The largest absolute Gasteiger partial charge is 0.473 e. The Hall–Kier alpha value is -1.49. The van der Waals surface area contributed by atoms with Crippen molar-refractivity contribution in [1.29, 1.82) is 0 Å². The van der Waals surface area contributed by atoms with Gasteiger partial charge in [-0.1, -0.05) is 6.07 Å². The summed E-state index contributed by atoms with van der Waals surface area (Å²) < 4.78 is 4.67. The fourth-order valence-electron chi connectivity index (χ4n) is 0.649. The van der Waals surface area contributed by atoms with E-state index in [1.165, 1.54) is 7.11 Å². The number of hydrazone groups is 1. The summed E-state index contributed by atoms with van der Waals surface area (Å²) >= 11 is 4.70. The molecule has 1 rings (SSSR count). The van der Waals surface area contributed by atoms with Gasteiger partial charge in [-0.25, -0.2) is 5.43 Å². The van der Waals surface area contributed by atoms with Gasteiger partial charge in [-0.2, -0.15) is 5.10 Å². The van der Waals surface area contributed by atoms with Crippen molar-refractivity contribution in [2.75, 3.05) is 7.11 Å². The molecule has 4 nitrogen and oxygen atoms in total. The lowest BCUT2D eigenvalue weighted by molar-refractivity contribution is 0.395. The Bertz CT molecular complexity index is 300. The van der Waals surface area contributed by atoms with E-state index in [1.54, 1.807) is 12.4 Å². The second kappa shape index (κ2) is 5.21. The highest BCUT2D eigenvalue weighted by atomic mass is 32.1. The van der Waals surface area contributed by atoms with E-state index in [9.17, 15) is 0 Å². The van der Waals surface area contributed by atoms with E-state index in [2.05, 4.69) is 20.2 Å². The highest BCUT2D eigenvalue weighted by molar-refractivity contribution is 7.80. The fourth-order valence-corrected chi connectivity index (χ4v) is 0.702. The molecule has 0 spiro atoms. The monoisotopic (exact) mass is 195 g/mol. The van der Waals surface area contributed by atoms with Gasteiger partial charge in [-0.15, -0.1) is 0 Å². The van der Waals surface area contributed by atoms with E-state index in [-0.39, 0.29) is 5.17 Å². The van der Waals surface area contributed by atoms with Crippen LogP contribution in [0.1, 0.15) is 5.69 Å². The van der Waals surface area contributed by atoms with Crippen LogP contribution < -0.4 is 5.43 Å². The van der Waals surface area contributed by atoms with Gasteiger partial charge in [0, 0.05) is 6.20 Å². The fraction of sp³-hybridized carbons (Fsp3) is 0.125. The zero-order valence-corrected chi connectivity index (χ0v) is 7.91. The number of rotatable bonds is 2. The Labute approximate surface area is 81.6 Å². The van der Waals surface area contributed by atoms with Crippen LogP contribution in [0.15, 0.2) is 29.5 Å². The summed E-state index contributed by atoms with van der Waals surface area (Å²) in [6.07, 6.45) is 3.25. The van der Waals surface area contributed by atoms with E-state index in [0.717, 1.165) is 5.69 Å². The van der Waals surface area contributed by atoms with Gasteiger partial charge in [-0.3, -0.25) is 4.98 Å². The van der Waals surface area contributed by atoms with Crippen LogP contribution in [-0.2, 0) is 4.74 Å². The number of nitrogens with one attached hydrogen (secondary N) is 1. The topological polar surface area (TPSA) is 46.5 Å². The van der Waals surface area contributed by atoms with Crippen LogP contribution in [0, 0.1) is 0 Å². The molecule has 0 aliphatic carbocycles. The maximum Gasteiger partial charge on any atom is 0.277 e. The van der Waals surface area contributed by atoms with Crippen molar-refractivity contribution >= 4 is 23.6 Å². The third kappa shape index (κ3) is 3.62. The summed E-state index contributed by atoms with van der Waals surface area (Å²) in [5, 5.41) is 4.04. The highest BCUT2D eigenvalue weighted by Crippen LogP contribution is 1.87. The molecule has 0 saturated carbocycles. The van der Waals surface area contributed by atoms with E-state index in [0.29, 0.717) is 0 Å². The number of aromatic nitrogens is 1. The lowest BCUT2D eigenvalue weighted by Gasteiger charge is -1.97. The minimum absolute atomic E-state index is 0.229. The van der Waals surface area contributed by atoms with Crippen molar-refractivity contribution in [2.24, 2.45) is 5.10 Å². The average molecular weight is 195 g/mol. The lowest BCUT2D eigenvalue weighted by Crippen LogP contribution is -2.16. The summed E-state index contributed by atoms with van der Waals surface area (Å²) in [5.41, 5.74) is 3.28. The number of nitrogens with zero attached hydrogens (tertiary/aromatic N) is 2. The maximum atomic E-state index is 4.70. The number of pyridine rings is 1. The SMILES string of the molecule is COC(=S)N/N=C\c1ccccn1. The summed E-state index contributed by atoms with van der Waals surface area (Å²) in [4.78, 5) is 4.03. The van der Waals surface area contributed by atoms with E-state index in [1.807, 2.05) is 18.2 Å². The minimum Gasteiger partial charge on any atom is -0.473 e. The highest BCUT2D eigenvalue weighted by Gasteiger charge is 1.88. The summed E-state index contributed by atoms with van der Waals surface area (Å²) in [6.45, 7) is 0. The second-order valence-electron chi connectivity index (χ2n) is 2.12. The van der Waals surface area contributed by atoms with Gasteiger partial charge >= 0.3 is 0 Å². The molecule has 0 amide bonds. The van der Waals surface area contributed by atoms with Crippen molar-refractivity contribution in [3.8, 4) is 0 Å². The van der Waals surface area contributed by atoms with Crippen LogP contribution in [0.25, 0.3) is 0 Å². The Morgan fingerprint density at radius 1 is 1.69 bits per heavy atom. The maximum absolute atomic E-state index is 4.70. The van der Waals surface area contributed by atoms with Crippen LogP contribution in [0.5, 0.6) is 0 Å². The molecule has 0 atom stereocenters. The summed E-state index contributed by atoms with van der Waals surface area (Å²) in [5.74, 6) is 0. The van der Waals surface area contributed by atoms with Crippen LogP contribution in [0.2, 0.25) is 0 Å². The average Bonchev–Trinajstić information content (AvgIpc) is 2.19. The van der Waals surface area contributed by atoms with Crippen molar-refractivity contribution in [2.45, 2.75) is 0 Å². The Morgan fingerprint density at radius 2 is 2.54 bits per heavy atom. The third-order valence-electron chi connectivity index (χ3n) is 1.23. The number of hydrogen-bond acceptors (Lipinski definition) is 4. The molecule has 0 aliphatic heterocycles. The molecule has 1 aromatic heterocycles. The summed E-state index contributed by atoms with van der Waals surface area (Å²) in [7, 11) is 1.48. The Morgan fingerprint density at radius 3 is 3.15 bits per heavy atom. The quantitative estimate of drug-likeness (QED) is 0.433. The molecule has 0 fully saturated rings. The molecule has 1 N–H and O–H groups in total. The molecule has 0 aromatic carbocycles. The van der Waals surface area contributed by atoms with Crippen molar-refractivity contribution in [3.05, 3.63) is 30.1 Å². The van der Waals surface area contributed by atoms with Crippen LogP contribution in [0.4, 0.5) is 0 Å². The second-order valence-corrected chi connectivity index (χ2v) is 2.49. The van der Waals surface area contributed by atoms with Gasteiger partial charge in [0.2, 0.25) is 0 Å². The molecular formula is C8H9N3OS. The molecule has 0 aliphatic rings. The molecule has 1 heterocycles. The summed E-state index contributed by atoms with van der Waals surface area (Å²) in [6, 6.07) is 5.55. The lowest BCUT2D eigenvalue weighted by atomic mass is 10.4. The smallest absolute Gasteiger partial charge is 0.277 e. The van der Waals surface area contributed by atoms with Crippen molar-refractivity contribution in [1.82, 2.24) is 10.4 Å². The van der Waals surface area contributed by atoms with Gasteiger partial charge in [0.25, 0.3) is 5.17 Å². The molecule has 1 aromatic rings. The number of ether oxygens (including phenoxy) is 1. The number of thiocarbonyl (C=S) groups is 1. The third-order valence-corrected chi connectivity index (χ3v) is 1.48. The molecule has 0 unspecified atom stereocenters. The van der Waals surface area contributed by atoms with E-state index >= 15 is 0 Å². The molecular weight excluding hydrogens is 186 g/mol. The van der Waals surface area contributed by atoms with Crippen LogP contribution in [0.3, 0.4) is 0 Å². The van der Waals surface area contributed by atoms with Gasteiger partial charge in [0.1, 0.15) is 0 Å². The van der Waals surface area contributed by atoms with Gasteiger partial charge in [-0.05, 0) is 24.4 Å². The van der Waals surface area contributed by atoms with Crippen molar-refractivity contribution in [3.63, 3.8) is 0 Å². The van der Waals surface area contributed by atoms with Gasteiger partial charge in [0.05, 0.1) is 19.0 Å². The first-order chi connectivity index (χ1) is 6.33. The molecule has 0 saturated heterocycles. The zero-order chi connectivity index (χ0) is 9.52. The Balaban J connectivity index is 2.45. The number of methoxy groups -OCH3 is 1. The first-order valence-electron chi connectivity index (χ1n) is 3.61. The van der Waals surface area contributed by atoms with Crippen LogP contribution >= 0.6 is 12.2 Å². The molecule has 13 heavy (non-hydrogen) atoms. The molecule has 68 valence electrons. The van der Waals surface area contributed by atoms with E-state index in [4.69, 9.17) is 12.2 Å². The predicted molar refractivity (Wildman–Crippen MR) is 54.6 cm³/mol. The normalized spacial score (nSPS) is 9.92. The van der Waals surface area contributed by atoms with Gasteiger partial charge < -0.3 is 4.74 Å². The molecule has 0 radical (unpaired) electrons. The van der Waals surface area contributed by atoms with E-state index < -0.39 is 0 Å². The first-order valence-corrected chi connectivity index (χ1v) is 4.02. The first kappa shape index (κ1) is 9.60. The Kier molecular flexibility index (Phi) is 3.84. The standard InChI is InChI=1S/C8H9N3OS/c1-12-8(13)11-10-6-7-4-2-3-5-9-7/h2-6H,1H3,(H,11,13)/b10-6-. The number of hydrogen-bond donors (Lipinski definition) is 1. The minimum atomic E-state index is 0.229. The van der Waals surface area contributed by atoms with Crippen molar-refractivity contribution < 1.29 is 4.74 Å². The molecule has 0 bridgehead atoms. The molecule has 5 heteroatoms.